The number of benzene rings is 2. The number of halogens is 3. The highest BCUT2D eigenvalue weighted by atomic mass is 19.4. The number of alkyl halides is 3. The first-order chi connectivity index (χ1) is 13.6. The van der Waals surface area contributed by atoms with E-state index in [0.29, 0.717) is 11.3 Å². The molecule has 0 spiro atoms. The molecule has 10 heteroatoms. The van der Waals surface area contributed by atoms with E-state index in [1.807, 2.05) is 0 Å². The maximum absolute atomic E-state index is 12.5. The van der Waals surface area contributed by atoms with Crippen LogP contribution in [0.15, 0.2) is 48.5 Å². The zero-order valence-corrected chi connectivity index (χ0v) is 15.0. The smallest absolute Gasteiger partial charge is 0.416 e. The number of nitrogens with one attached hydrogen (secondary N) is 1. The summed E-state index contributed by atoms with van der Waals surface area (Å²) in [4.78, 5) is 34.4. The molecule has 2 aromatic carbocycles. The monoisotopic (exact) mass is 410 g/mol. The molecule has 7 nitrogen and oxygen atoms in total. The Morgan fingerprint density at radius 1 is 1.03 bits per heavy atom. The quantitative estimate of drug-likeness (QED) is 0.648. The molecule has 0 radical (unpaired) electrons. The zero-order chi connectivity index (χ0) is 21.4. The minimum atomic E-state index is -4.50. The molecule has 0 fully saturated rings. The summed E-state index contributed by atoms with van der Waals surface area (Å²) in [5.41, 5.74) is 4.66. The molecule has 0 atom stereocenters. The highest BCUT2D eigenvalue weighted by Crippen LogP contribution is 2.29. The first-order valence-corrected chi connectivity index (χ1v) is 8.26. The highest BCUT2D eigenvalue weighted by Gasteiger charge is 2.30. The molecular formula is C19H17F3N2O5. The lowest BCUT2D eigenvalue weighted by Crippen LogP contribution is -2.30. The number of nitrogens with two attached hydrogens (primary N) is 1. The summed E-state index contributed by atoms with van der Waals surface area (Å²) >= 11 is 0. The number of amides is 2. The fraction of sp³-hybridized carbons (Fsp3) is 0.211. The Kier molecular flexibility index (Phi) is 7.18. The van der Waals surface area contributed by atoms with Crippen LogP contribution in [-0.4, -0.2) is 30.9 Å². The van der Waals surface area contributed by atoms with Gasteiger partial charge in [0.15, 0.2) is 6.61 Å². The largest absolute Gasteiger partial charge is 0.484 e. The second-order valence-corrected chi connectivity index (χ2v) is 5.82. The van der Waals surface area contributed by atoms with Crippen molar-refractivity contribution in [3.05, 3.63) is 65.2 Å². The molecule has 0 aliphatic rings. The molecule has 0 saturated carbocycles. The van der Waals surface area contributed by atoms with E-state index < -0.39 is 36.1 Å². The maximum Gasteiger partial charge on any atom is 0.416 e. The van der Waals surface area contributed by atoms with Crippen LogP contribution in [0.25, 0.3) is 0 Å². The van der Waals surface area contributed by atoms with Crippen LogP contribution in [0.5, 0.6) is 5.75 Å². The van der Waals surface area contributed by atoms with Crippen LogP contribution >= 0.6 is 0 Å². The summed E-state index contributed by atoms with van der Waals surface area (Å²) in [6.07, 6.45) is -4.50. The minimum absolute atomic E-state index is 0.0231. The summed E-state index contributed by atoms with van der Waals surface area (Å²) in [5, 5.41) is 2.27. The Balaban J connectivity index is 1.80. The Hall–Kier alpha value is -3.56. The van der Waals surface area contributed by atoms with Gasteiger partial charge in [-0.15, -0.1) is 0 Å². The number of primary amides is 1. The summed E-state index contributed by atoms with van der Waals surface area (Å²) in [6, 6.07) is 10.0. The van der Waals surface area contributed by atoms with Crippen LogP contribution in [0.4, 0.5) is 13.2 Å². The molecule has 0 unspecified atom stereocenters. The first-order valence-electron chi connectivity index (χ1n) is 8.26. The number of ether oxygens (including phenoxy) is 2. The van der Waals surface area contributed by atoms with Crippen molar-refractivity contribution in [2.24, 2.45) is 5.73 Å². The topological polar surface area (TPSA) is 108 Å². The van der Waals surface area contributed by atoms with Crippen molar-refractivity contribution >= 4 is 17.8 Å². The Labute approximate surface area is 163 Å². The number of hydrogen-bond donors (Lipinski definition) is 2. The van der Waals surface area contributed by atoms with Gasteiger partial charge >= 0.3 is 12.1 Å². The average Bonchev–Trinajstić information content (AvgIpc) is 2.68. The fourth-order valence-corrected chi connectivity index (χ4v) is 2.16. The molecule has 2 amide bonds. The molecule has 2 aromatic rings. The van der Waals surface area contributed by atoms with Crippen LogP contribution in [0.3, 0.4) is 0 Å². The Morgan fingerprint density at radius 3 is 2.34 bits per heavy atom. The van der Waals surface area contributed by atoms with Crippen molar-refractivity contribution in [1.82, 2.24) is 5.32 Å². The van der Waals surface area contributed by atoms with Crippen LogP contribution in [0.1, 0.15) is 21.5 Å². The fourth-order valence-electron chi connectivity index (χ4n) is 2.16. The van der Waals surface area contributed by atoms with Gasteiger partial charge in [0.05, 0.1) is 5.56 Å². The lowest BCUT2D eigenvalue weighted by molar-refractivity contribution is -0.143. The summed E-state index contributed by atoms with van der Waals surface area (Å²) < 4.78 is 47.7. The maximum atomic E-state index is 12.5. The second kappa shape index (κ2) is 9.58. The van der Waals surface area contributed by atoms with E-state index in [1.54, 1.807) is 24.3 Å². The highest BCUT2D eigenvalue weighted by molar-refractivity contribution is 5.95. The van der Waals surface area contributed by atoms with E-state index >= 15 is 0 Å². The van der Waals surface area contributed by atoms with Crippen LogP contribution in [0.2, 0.25) is 0 Å². The van der Waals surface area contributed by atoms with Crippen LogP contribution in [-0.2, 0) is 27.1 Å². The summed E-state index contributed by atoms with van der Waals surface area (Å²) in [5.74, 6) is -1.72. The van der Waals surface area contributed by atoms with E-state index in [-0.39, 0.29) is 18.8 Å². The zero-order valence-electron chi connectivity index (χ0n) is 15.0. The Bertz CT molecular complexity index is 882. The average molecular weight is 410 g/mol. The SMILES string of the molecule is NC(=O)COc1cccc(COC(=O)CNC(=O)c2ccc(C(F)(F)F)cc2)c1. The van der Waals surface area contributed by atoms with Crippen LogP contribution < -0.4 is 15.8 Å². The van der Waals surface area contributed by atoms with Gasteiger partial charge in [0.25, 0.3) is 11.8 Å². The molecule has 3 N–H and O–H groups in total. The molecule has 29 heavy (non-hydrogen) atoms. The molecule has 0 bridgehead atoms. The molecule has 2 rings (SSSR count). The Morgan fingerprint density at radius 2 is 1.72 bits per heavy atom. The van der Waals surface area contributed by atoms with Crippen molar-refractivity contribution < 1.29 is 37.0 Å². The lowest BCUT2D eigenvalue weighted by Gasteiger charge is -2.09. The molecular weight excluding hydrogens is 393 g/mol. The molecule has 0 aromatic heterocycles. The van der Waals surface area contributed by atoms with Gasteiger partial charge in [-0.25, -0.2) is 0 Å². The van der Waals surface area contributed by atoms with Gasteiger partial charge in [-0.05, 0) is 42.0 Å². The molecule has 0 heterocycles. The van der Waals surface area contributed by atoms with Gasteiger partial charge in [-0.3, -0.25) is 14.4 Å². The molecule has 154 valence electrons. The third kappa shape index (κ3) is 7.17. The van der Waals surface area contributed by atoms with Gasteiger partial charge in [0, 0.05) is 5.56 Å². The van der Waals surface area contributed by atoms with Gasteiger partial charge in [0.2, 0.25) is 0 Å². The van der Waals surface area contributed by atoms with Gasteiger partial charge in [0.1, 0.15) is 18.9 Å². The summed E-state index contributed by atoms with van der Waals surface area (Å²) in [7, 11) is 0. The minimum Gasteiger partial charge on any atom is -0.484 e. The van der Waals surface area contributed by atoms with Gasteiger partial charge < -0.3 is 20.5 Å². The lowest BCUT2D eigenvalue weighted by atomic mass is 10.1. The number of esters is 1. The van der Waals surface area contributed by atoms with Crippen LogP contribution in [0, 0.1) is 0 Å². The molecule has 0 aliphatic carbocycles. The van der Waals surface area contributed by atoms with Crippen molar-refractivity contribution in [2.75, 3.05) is 13.2 Å². The van der Waals surface area contributed by atoms with Crippen molar-refractivity contribution in [2.45, 2.75) is 12.8 Å². The van der Waals surface area contributed by atoms with Crippen molar-refractivity contribution in [1.29, 1.82) is 0 Å². The predicted octanol–water partition coefficient (Wildman–Crippen LogP) is 2.04. The third-order valence-corrected chi connectivity index (χ3v) is 3.55. The number of hydrogen-bond acceptors (Lipinski definition) is 5. The predicted molar refractivity (Wildman–Crippen MR) is 94.7 cm³/mol. The number of carbonyl (C=O) groups excluding carboxylic acids is 3. The van der Waals surface area contributed by atoms with E-state index in [2.05, 4.69) is 5.32 Å². The standard InChI is InChI=1S/C19H17F3N2O5/c20-19(21,22)14-6-4-13(5-7-14)18(27)24-9-17(26)29-10-12-2-1-3-15(8-12)28-11-16(23)25/h1-8H,9-11H2,(H2,23,25)(H,24,27). The number of rotatable bonds is 8. The van der Waals surface area contributed by atoms with Crippen molar-refractivity contribution in [3.8, 4) is 5.75 Å². The van der Waals surface area contributed by atoms with Crippen molar-refractivity contribution in [3.63, 3.8) is 0 Å². The van der Waals surface area contributed by atoms with E-state index in [0.717, 1.165) is 24.3 Å². The summed E-state index contributed by atoms with van der Waals surface area (Å²) in [6.45, 7) is -0.861. The third-order valence-electron chi connectivity index (χ3n) is 3.55. The van der Waals surface area contributed by atoms with Gasteiger partial charge in [-0.2, -0.15) is 13.2 Å². The number of carbonyl (C=O) groups is 3. The van der Waals surface area contributed by atoms with Gasteiger partial charge in [-0.1, -0.05) is 12.1 Å². The van der Waals surface area contributed by atoms with E-state index in [1.165, 1.54) is 0 Å². The second-order valence-electron chi connectivity index (χ2n) is 5.82. The van der Waals surface area contributed by atoms with E-state index in [4.69, 9.17) is 15.2 Å². The molecule has 0 saturated heterocycles. The first kappa shape index (κ1) is 21.7. The normalized spacial score (nSPS) is 10.9. The molecule has 0 aliphatic heterocycles. The van der Waals surface area contributed by atoms with E-state index in [9.17, 15) is 27.6 Å².